The maximum Gasteiger partial charge on any atom is 0.309 e. The first-order valence-corrected chi connectivity index (χ1v) is 12.6. The number of piperidine rings is 1. The molecule has 1 saturated carbocycles. The molecule has 3 heterocycles. The molecule has 1 aliphatic heterocycles. The molecule has 2 aromatic heterocycles. The van der Waals surface area contributed by atoms with Gasteiger partial charge >= 0.3 is 5.97 Å². The summed E-state index contributed by atoms with van der Waals surface area (Å²) >= 11 is 0. The van der Waals surface area contributed by atoms with E-state index in [2.05, 4.69) is 47.8 Å². The number of carbonyl (C=O) groups excluding carboxylic acids is 1. The molecule has 0 N–H and O–H groups in total. The van der Waals surface area contributed by atoms with Crippen molar-refractivity contribution in [2.45, 2.75) is 78.9 Å². The van der Waals surface area contributed by atoms with Gasteiger partial charge in [0.05, 0.1) is 12.5 Å². The standard InChI is InChI=1S/C27H39N3O3/c1-5-32-26(31)20-12-14-30(15-13-20)18-19-16-21-6-11-24(29-25(21)28-17-19)33-23-9-7-22(8-10-23)27(2,3)4/h6,11,16-17,20,22-23H,5,7-10,12-15,18H2,1-4H3. The second-order valence-electron chi connectivity index (χ2n) is 10.8. The van der Waals surface area contributed by atoms with E-state index in [9.17, 15) is 4.79 Å². The Kier molecular flexibility index (Phi) is 7.52. The third kappa shape index (κ3) is 6.23. The first kappa shape index (κ1) is 23.9. The number of esters is 1. The van der Waals surface area contributed by atoms with Gasteiger partial charge in [-0.2, -0.15) is 4.98 Å². The van der Waals surface area contributed by atoms with Crippen molar-refractivity contribution >= 4 is 17.0 Å². The summed E-state index contributed by atoms with van der Waals surface area (Å²) in [6.45, 7) is 12.0. The summed E-state index contributed by atoms with van der Waals surface area (Å²) in [6.07, 6.45) is 8.54. The van der Waals surface area contributed by atoms with Gasteiger partial charge in [0.2, 0.25) is 5.88 Å². The average Bonchev–Trinajstić information content (AvgIpc) is 2.79. The van der Waals surface area contributed by atoms with Crippen LogP contribution in [0.4, 0.5) is 0 Å². The molecule has 1 saturated heterocycles. The van der Waals surface area contributed by atoms with Gasteiger partial charge in [0, 0.05) is 24.2 Å². The quantitative estimate of drug-likeness (QED) is 0.547. The summed E-state index contributed by atoms with van der Waals surface area (Å²) in [4.78, 5) is 23.6. The van der Waals surface area contributed by atoms with Gasteiger partial charge in [0.15, 0.2) is 5.65 Å². The Morgan fingerprint density at radius 3 is 2.48 bits per heavy atom. The topological polar surface area (TPSA) is 64.5 Å². The first-order chi connectivity index (χ1) is 15.8. The smallest absolute Gasteiger partial charge is 0.309 e. The number of hydrogen-bond acceptors (Lipinski definition) is 6. The number of pyridine rings is 2. The van der Waals surface area contributed by atoms with Crippen molar-refractivity contribution in [3.8, 4) is 5.88 Å². The lowest BCUT2D eigenvalue weighted by Gasteiger charge is -2.36. The van der Waals surface area contributed by atoms with Gasteiger partial charge in [-0.3, -0.25) is 9.69 Å². The fourth-order valence-electron chi connectivity index (χ4n) is 5.25. The number of carbonyl (C=O) groups is 1. The molecule has 2 fully saturated rings. The molecule has 6 nitrogen and oxygen atoms in total. The molecule has 180 valence electrons. The van der Waals surface area contributed by atoms with Crippen molar-refractivity contribution in [3.63, 3.8) is 0 Å². The first-order valence-electron chi connectivity index (χ1n) is 12.6. The Labute approximate surface area is 198 Å². The molecular formula is C27H39N3O3. The molecule has 1 aliphatic carbocycles. The molecule has 4 rings (SSSR count). The Hall–Kier alpha value is -2.21. The monoisotopic (exact) mass is 453 g/mol. The second-order valence-corrected chi connectivity index (χ2v) is 10.8. The largest absolute Gasteiger partial charge is 0.474 e. The number of fused-ring (bicyclic) bond motifs is 1. The number of likely N-dealkylation sites (tertiary alicyclic amines) is 1. The number of ether oxygens (including phenoxy) is 2. The van der Waals surface area contributed by atoms with Crippen LogP contribution in [0.2, 0.25) is 0 Å². The minimum Gasteiger partial charge on any atom is -0.474 e. The molecule has 6 heteroatoms. The number of hydrogen-bond donors (Lipinski definition) is 0. The van der Waals surface area contributed by atoms with E-state index in [4.69, 9.17) is 9.47 Å². The van der Waals surface area contributed by atoms with Crippen LogP contribution in [-0.4, -0.2) is 46.6 Å². The van der Waals surface area contributed by atoms with Gasteiger partial charge in [-0.05, 0) is 87.6 Å². The molecule has 0 atom stereocenters. The van der Waals surface area contributed by atoms with Crippen LogP contribution >= 0.6 is 0 Å². The number of aromatic nitrogens is 2. The lowest BCUT2D eigenvalue weighted by molar-refractivity contribution is -0.149. The predicted molar refractivity (Wildman–Crippen MR) is 130 cm³/mol. The second kappa shape index (κ2) is 10.4. The van der Waals surface area contributed by atoms with Crippen LogP contribution in [-0.2, 0) is 16.1 Å². The molecule has 0 amide bonds. The van der Waals surface area contributed by atoms with Crippen molar-refractivity contribution in [2.75, 3.05) is 19.7 Å². The van der Waals surface area contributed by atoms with Crippen LogP contribution < -0.4 is 4.74 Å². The van der Waals surface area contributed by atoms with Gasteiger partial charge in [0.1, 0.15) is 6.10 Å². The van der Waals surface area contributed by atoms with Gasteiger partial charge in [-0.15, -0.1) is 0 Å². The van der Waals surface area contributed by atoms with E-state index in [0.29, 0.717) is 17.9 Å². The Morgan fingerprint density at radius 1 is 1.09 bits per heavy atom. The molecule has 0 bridgehead atoms. The van der Waals surface area contributed by atoms with Crippen molar-refractivity contribution in [1.29, 1.82) is 0 Å². The highest BCUT2D eigenvalue weighted by atomic mass is 16.5. The van der Waals surface area contributed by atoms with Crippen LogP contribution in [0, 0.1) is 17.3 Å². The molecule has 0 unspecified atom stereocenters. The summed E-state index contributed by atoms with van der Waals surface area (Å²) in [6, 6.07) is 6.22. The van der Waals surface area contributed by atoms with Gasteiger partial charge < -0.3 is 9.47 Å². The summed E-state index contributed by atoms with van der Waals surface area (Å²) in [5.41, 5.74) is 2.29. The maximum atomic E-state index is 11.9. The predicted octanol–water partition coefficient (Wildman–Crippen LogP) is 5.39. The zero-order valence-corrected chi connectivity index (χ0v) is 20.7. The summed E-state index contributed by atoms with van der Waals surface area (Å²) in [5, 5.41) is 1.04. The van der Waals surface area contributed by atoms with Crippen LogP contribution in [0.3, 0.4) is 0 Å². The Morgan fingerprint density at radius 2 is 1.82 bits per heavy atom. The van der Waals surface area contributed by atoms with E-state index in [0.717, 1.165) is 62.3 Å². The van der Waals surface area contributed by atoms with E-state index in [-0.39, 0.29) is 18.0 Å². The van der Waals surface area contributed by atoms with Gasteiger partial charge in [0.25, 0.3) is 0 Å². The van der Waals surface area contributed by atoms with Gasteiger partial charge in [-0.1, -0.05) is 20.8 Å². The van der Waals surface area contributed by atoms with Crippen LogP contribution in [0.1, 0.15) is 71.8 Å². The van der Waals surface area contributed by atoms with Crippen molar-refractivity contribution in [1.82, 2.24) is 14.9 Å². The summed E-state index contributed by atoms with van der Waals surface area (Å²) in [7, 11) is 0. The average molecular weight is 454 g/mol. The zero-order chi connectivity index (χ0) is 23.4. The minimum absolute atomic E-state index is 0.0436. The van der Waals surface area contributed by atoms with Crippen LogP contribution in [0.5, 0.6) is 5.88 Å². The summed E-state index contributed by atoms with van der Waals surface area (Å²) in [5.74, 6) is 1.46. The Bertz CT molecular complexity index is 939. The highest BCUT2D eigenvalue weighted by Gasteiger charge is 2.30. The highest BCUT2D eigenvalue weighted by molar-refractivity contribution is 5.75. The van der Waals surface area contributed by atoms with Crippen molar-refractivity contribution < 1.29 is 14.3 Å². The lowest BCUT2D eigenvalue weighted by Crippen LogP contribution is -2.36. The van der Waals surface area contributed by atoms with Crippen molar-refractivity contribution in [2.24, 2.45) is 17.3 Å². The van der Waals surface area contributed by atoms with Crippen LogP contribution in [0.25, 0.3) is 11.0 Å². The van der Waals surface area contributed by atoms with E-state index in [1.807, 2.05) is 19.2 Å². The minimum atomic E-state index is -0.0455. The van der Waals surface area contributed by atoms with E-state index in [1.54, 1.807) is 0 Å². The molecule has 0 spiro atoms. The molecule has 0 radical (unpaired) electrons. The van der Waals surface area contributed by atoms with E-state index >= 15 is 0 Å². The lowest BCUT2D eigenvalue weighted by atomic mass is 9.72. The number of rotatable bonds is 6. The van der Waals surface area contributed by atoms with Crippen LogP contribution in [0.15, 0.2) is 24.4 Å². The molecular weight excluding hydrogens is 414 g/mol. The Balaban J connectivity index is 1.31. The van der Waals surface area contributed by atoms with Gasteiger partial charge in [-0.25, -0.2) is 4.98 Å². The third-order valence-electron chi connectivity index (χ3n) is 7.37. The molecule has 33 heavy (non-hydrogen) atoms. The normalized spacial score (nSPS) is 22.9. The molecule has 0 aromatic carbocycles. The fraction of sp³-hybridized carbons (Fsp3) is 0.667. The van der Waals surface area contributed by atoms with E-state index < -0.39 is 0 Å². The zero-order valence-electron chi connectivity index (χ0n) is 20.7. The summed E-state index contributed by atoms with van der Waals surface area (Å²) < 4.78 is 11.4. The third-order valence-corrected chi connectivity index (χ3v) is 7.37. The molecule has 2 aromatic rings. The van der Waals surface area contributed by atoms with Crippen molar-refractivity contribution in [3.05, 3.63) is 30.0 Å². The SMILES string of the molecule is CCOC(=O)C1CCN(Cc2cnc3nc(OC4CCC(C(C)(C)C)CC4)ccc3c2)CC1. The highest BCUT2D eigenvalue weighted by Crippen LogP contribution is 2.38. The number of nitrogens with zero attached hydrogens (tertiary/aromatic N) is 3. The molecule has 2 aliphatic rings. The maximum absolute atomic E-state index is 11.9. The van der Waals surface area contributed by atoms with E-state index in [1.165, 1.54) is 18.4 Å². The fourth-order valence-corrected chi connectivity index (χ4v) is 5.25.